The molecule has 0 atom stereocenters. The highest BCUT2D eigenvalue weighted by atomic mass is 35.5. The molecule has 3 rings (SSSR count). The van der Waals surface area contributed by atoms with Crippen LogP contribution in [-0.4, -0.2) is 26.5 Å². The van der Waals surface area contributed by atoms with Crippen molar-refractivity contribution >= 4 is 23.2 Å². The van der Waals surface area contributed by atoms with Crippen LogP contribution in [0.15, 0.2) is 61.2 Å². The zero-order valence-corrected chi connectivity index (χ0v) is 15.2. The number of nitrogens with one attached hydrogen (secondary N) is 2. The maximum absolute atomic E-state index is 5.93. The average molecular weight is 367 g/mol. The van der Waals surface area contributed by atoms with Crippen molar-refractivity contribution in [2.24, 2.45) is 0 Å². The van der Waals surface area contributed by atoms with Gasteiger partial charge in [-0.05, 0) is 43.2 Å². The summed E-state index contributed by atoms with van der Waals surface area (Å²) in [6.45, 7) is 6.64. The Labute approximate surface area is 157 Å². The number of nitrogens with zero attached hydrogens (tertiary/aromatic N) is 4. The van der Waals surface area contributed by atoms with Gasteiger partial charge >= 0.3 is 0 Å². The summed E-state index contributed by atoms with van der Waals surface area (Å²) in [6.07, 6.45) is 4.00. The van der Waals surface area contributed by atoms with E-state index in [1.54, 1.807) is 18.3 Å². The molecule has 26 heavy (non-hydrogen) atoms. The Kier molecular flexibility index (Phi) is 5.76. The minimum absolute atomic E-state index is 0.397. The molecular weight excluding hydrogens is 348 g/mol. The molecule has 0 radical (unpaired) electrons. The first-order valence-electron chi connectivity index (χ1n) is 8.16. The minimum Gasteiger partial charge on any atom is -0.389 e. The molecule has 2 aromatic heterocycles. The second kappa shape index (κ2) is 8.40. The summed E-state index contributed by atoms with van der Waals surface area (Å²) in [6, 6.07) is 11.7. The maximum atomic E-state index is 5.93. The molecular formula is C19H19ClN6. The van der Waals surface area contributed by atoms with E-state index in [1.165, 1.54) is 11.9 Å². The van der Waals surface area contributed by atoms with Crippen LogP contribution in [0.5, 0.6) is 0 Å². The number of benzene rings is 1. The largest absolute Gasteiger partial charge is 0.389 e. The van der Waals surface area contributed by atoms with E-state index >= 15 is 0 Å². The Morgan fingerprint density at radius 3 is 2.85 bits per heavy atom. The van der Waals surface area contributed by atoms with Gasteiger partial charge in [-0.15, -0.1) is 0 Å². The van der Waals surface area contributed by atoms with E-state index in [2.05, 4.69) is 49.3 Å². The smallest absolute Gasteiger partial charge is 0.230 e. The normalized spacial score (nSPS) is 10.4. The van der Waals surface area contributed by atoms with E-state index in [9.17, 15) is 0 Å². The van der Waals surface area contributed by atoms with E-state index in [-0.39, 0.29) is 0 Å². The van der Waals surface area contributed by atoms with E-state index in [1.807, 2.05) is 19.1 Å². The van der Waals surface area contributed by atoms with Gasteiger partial charge in [-0.1, -0.05) is 30.3 Å². The van der Waals surface area contributed by atoms with Crippen molar-refractivity contribution in [1.82, 2.24) is 25.3 Å². The van der Waals surface area contributed by atoms with Crippen LogP contribution < -0.4 is 10.6 Å². The number of aromatic nitrogens is 4. The molecule has 0 saturated carbocycles. The van der Waals surface area contributed by atoms with Crippen LogP contribution in [0, 0.1) is 0 Å². The summed E-state index contributed by atoms with van der Waals surface area (Å²) in [5, 5.41) is 6.85. The molecule has 0 amide bonds. The molecule has 3 aromatic rings. The average Bonchev–Trinajstić information content (AvgIpc) is 2.62. The fourth-order valence-electron chi connectivity index (χ4n) is 2.39. The number of halogens is 1. The van der Waals surface area contributed by atoms with Crippen molar-refractivity contribution in [3.63, 3.8) is 0 Å². The van der Waals surface area contributed by atoms with Crippen molar-refractivity contribution in [3.8, 4) is 11.4 Å². The van der Waals surface area contributed by atoms with E-state index in [0.717, 1.165) is 29.9 Å². The maximum Gasteiger partial charge on any atom is 0.230 e. The van der Waals surface area contributed by atoms with Gasteiger partial charge < -0.3 is 10.6 Å². The Morgan fingerprint density at radius 2 is 2.04 bits per heavy atom. The zero-order valence-electron chi connectivity index (χ0n) is 14.4. The molecule has 0 unspecified atom stereocenters. The Balaban J connectivity index is 1.73. The van der Waals surface area contributed by atoms with Crippen LogP contribution in [0.3, 0.4) is 0 Å². The highest BCUT2D eigenvalue weighted by molar-refractivity contribution is 6.29. The Morgan fingerprint density at radius 1 is 1.15 bits per heavy atom. The van der Waals surface area contributed by atoms with Gasteiger partial charge in [-0.2, -0.15) is 4.98 Å². The van der Waals surface area contributed by atoms with Gasteiger partial charge in [0, 0.05) is 29.7 Å². The molecule has 2 N–H and O–H groups in total. The van der Waals surface area contributed by atoms with Crippen molar-refractivity contribution < 1.29 is 0 Å². The first-order chi connectivity index (χ1) is 12.6. The van der Waals surface area contributed by atoms with Crippen molar-refractivity contribution in [2.45, 2.75) is 13.3 Å². The van der Waals surface area contributed by atoms with Crippen LogP contribution in [0.2, 0.25) is 5.15 Å². The molecule has 7 heteroatoms. The van der Waals surface area contributed by atoms with Crippen LogP contribution in [0.25, 0.3) is 11.4 Å². The van der Waals surface area contributed by atoms with Gasteiger partial charge in [0.05, 0.1) is 0 Å². The fraction of sp³-hybridized carbons (Fsp3) is 0.158. The minimum atomic E-state index is 0.397. The second-order valence-electron chi connectivity index (χ2n) is 5.78. The molecule has 0 fully saturated rings. The molecule has 1 aromatic carbocycles. The summed E-state index contributed by atoms with van der Waals surface area (Å²) >= 11 is 5.93. The summed E-state index contributed by atoms with van der Waals surface area (Å²) in [7, 11) is 0. The highest BCUT2D eigenvalue weighted by Crippen LogP contribution is 2.20. The van der Waals surface area contributed by atoms with Crippen molar-refractivity contribution in [1.29, 1.82) is 0 Å². The number of pyridine rings is 1. The Bertz CT molecular complexity index is 912. The molecule has 6 nitrogen and oxygen atoms in total. The summed E-state index contributed by atoms with van der Waals surface area (Å²) in [5.41, 5.74) is 3.88. The van der Waals surface area contributed by atoms with Crippen LogP contribution in [0.1, 0.15) is 12.5 Å². The lowest BCUT2D eigenvalue weighted by Gasteiger charge is -2.09. The third-order valence-corrected chi connectivity index (χ3v) is 3.79. The summed E-state index contributed by atoms with van der Waals surface area (Å²) in [5.74, 6) is 1.01. The highest BCUT2D eigenvalue weighted by Gasteiger charge is 2.06. The lowest BCUT2D eigenvalue weighted by Crippen LogP contribution is -2.13. The molecule has 0 aliphatic rings. The van der Waals surface area contributed by atoms with E-state index in [4.69, 9.17) is 11.6 Å². The molecule has 2 heterocycles. The molecule has 132 valence electrons. The summed E-state index contributed by atoms with van der Waals surface area (Å²) in [4.78, 5) is 16.8. The third kappa shape index (κ3) is 5.00. The quantitative estimate of drug-likeness (QED) is 0.615. The number of hydrogen-bond acceptors (Lipinski definition) is 6. The predicted octanol–water partition coefficient (Wildman–Crippen LogP) is 4.00. The number of rotatable bonds is 7. The van der Waals surface area contributed by atoms with E-state index < -0.39 is 0 Å². The number of allylic oxidation sites excluding steroid dienone is 1. The van der Waals surface area contributed by atoms with Crippen LogP contribution in [-0.2, 0) is 6.42 Å². The lowest BCUT2D eigenvalue weighted by molar-refractivity contribution is 0.791. The van der Waals surface area contributed by atoms with Crippen LogP contribution in [0.4, 0.5) is 11.6 Å². The Hall–Kier alpha value is -2.99. The fourth-order valence-corrected chi connectivity index (χ4v) is 2.56. The first kappa shape index (κ1) is 17.8. The van der Waals surface area contributed by atoms with Gasteiger partial charge in [-0.25, -0.2) is 15.0 Å². The molecule has 0 bridgehead atoms. The standard InChI is InChI=1S/C19H19ClN6/c1-13(2)21-8-6-14-4-3-5-16(10-14)25-19-24-12-23-18(26-19)15-7-9-22-17(20)11-15/h3-5,7,9-12,21H,1,6,8H2,2H3,(H,23,24,25,26). The number of anilines is 2. The number of hydrogen-bond donors (Lipinski definition) is 2. The lowest BCUT2D eigenvalue weighted by atomic mass is 10.1. The van der Waals surface area contributed by atoms with E-state index in [0.29, 0.717) is 16.9 Å². The van der Waals surface area contributed by atoms with Gasteiger partial charge in [0.2, 0.25) is 5.95 Å². The monoisotopic (exact) mass is 366 g/mol. The summed E-state index contributed by atoms with van der Waals surface area (Å²) < 4.78 is 0. The zero-order chi connectivity index (χ0) is 18.4. The van der Waals surface area contributed by atoms with Gasteiger partial charge in [0.15, 0.2) is 5.82 Å². The predicted molar refractivity (Wildman–Crippen MR) is 104 cm³/mol. The van der Waals surface area contributed by atoms with Gasteiger partial charge in [0.1, 0.15) is 11.5 Å². The molecule has 0 aliphatic carbocycles. The molecule has 0 spiro atoms. The van der Waals surface area contributed by atoms with Crippen molar-refractivity contribution in [3.05, 3.63) is 71.9 Å². The first-order valence-corrected chi connectivity index (χ1v) is 8.54. The second-order valence-corrected chi connectivity index (χ2v) is 6.17. The molecule has 0 aliphatic heterocycles. The SMILES string of the molecule is C=C(C)NCCc1cccc(Nc2ncnc(-c3ccnc(Cl)c3)n2)c1. The topological polar surface area (TPSA) is 75.6 Å². The van der Waals surface area contributed by atoms with Crippen LogP contribution >= 0.6 is 11.6 Å². The third-order valence-electron chi connectivity index (χ3n) is 3.58. The van der Waals surface area contributed by atoms with Gasteiger partial charge in [0.25, 0.3) is 0 Å². The van der Waals surface area contributed by atoms with Crippen molar-refractivity contribution in [2.75, 3.05) is 11.9 Å². The van der Waals surface area contributed by atoms with Gasteiger partial charge in [-0.3, -0.25) is 0 Å². The molecule has 0 saturated heterocycles.